The van der Waals surface area contributed by atoms with Crippen LogP contribution in [0.2, 0.25) is 5.02 Å². The van der Waals surface area contributed by atoms with Gasteiger partial charge < -0.3 is 14.7 Å². The highest BCUT2D eigenvalue weighted by Gasteiger charge is 2.36. The molecule has 1 aliphatic heterocycles. The summed E-state index contributed by atoms with van der Waals surface area (Å²) in [5.74, 6) is 0.785. The van der Waals surface area contributed by atoms with Crippen molar-refractivity contribution in [3.63, 3.8) is 0 Å². The van der Waals surface area contributed by atoms with Crippen LogP contribution in [0.5, 0.6) is 5.75 Å². The van der Waals surface area contributed by atoms with Gasteiger partial charge in [-0.2, -0.15) is 13.2 Å². The third kappa shape index (κ3) is 4.33. The Balaban J connectivity index is 1.71. The van der Waals surface area contributed by atoms with Crippen LogP contribution in [0, 0.1) is 5.92 Å². The normalized spacial score (nSPS) is 16.9. The molecule has 28 heavy (non-hydrogen) atoms. The molecule has 0 radical (unpaired) electrons. The molecule has 1 unspecified atom stereocenters. The van der Waals surface area contributed by atoms with Crippen LogP contribution in [-0.4, -0.2) is 41.9 Å². The predicted molar refractivity (Wildman–Crippen MR) is 99.8 cm³/mol. The number of halogens is 4. The van der Waals surface area contributed by atoms with Crippen molar-refractivity contribution in [2.24, 2.45) is 5.92 Å². The van der Waals surface area contributed by atoms with Gasteiger partial charge in [0.2, 0.25) is 0 Å². The molecule has 152 valence electrons. The number of pyridine rings is 2. The molecular weight excluding hydrogens is 395 g/mol. The van der Waals surface area contributed by atoms with E-state index in [4.69, 9.17) is 16.3 Å². The van der Waals surface area contributed by atoms with Crippen LogP contribution in [0.15, 0.2) is 30.7 Å². The van der Waals surface area contributed by atoms with E-state index in [9.17, 15) is 18.3 Å². The van der Waals surface area contributed by atoms with E-state index in [-0.39, 0.29) is 18.4 Å². The average molecular weight is 416 g/mol. The van der Waals surface area contributed by atoms with E-state index in [1.807, 2.05) is 4.90 Å². The Hall–Kier alpha value is -2.06. The Kier molecular flexibility index (Phi) is 6.30. The summed E-state index contributed by atoms with van der Waals surface area (Å²) in [6.45, 7) is 1.24. The first-order chi connectivity index (χ1) is 13.3. The van der Waals surface area contributed by atoms with E-state index in [2.05, 4.69) is 9.97 Å². The zero-order valence-corrected chi connectivity index (χ0v) is 16.0. The lowest BCUT2D eigenvalue weighted by molar-refractivity contribution is -0.141. The molecule has 0 spiro atoms. The van der Waals surface area contributed by atoms with Crippen LogP contribution in [-0.2, 0) is 6.18 Å². The number of aromatic nitrogens is 2. The van der Waals surface area contributed by atoms with E-state index >= 15 is 0 Å². The van der Waals surface area contributed by atoms with Gasteiger partial charge in [0.25, 0.3) is 0 Å². The first kappa shape index (κ1) is 20.7. The summed E-state index contributed by atoms with van der Waals surface area (Å²) >= 11 is 5.79. The average Bonchev–Trinajstić information content (AvgIpc) is 2.68. The second kappa shape index (κ2) is 8.53. The second-order valence-electron chi connectivity index (χ2n) is 6.75. The highest BCUT2D eigenvalue weighted by atomic mass is 35.5. The summed E-state index contributed by atoms with van der Waals surface area (Å²) in [4.78, 5) is 9.61. The minimum Gasteiger partial charge on any atom is -0.496 e. The van der Waals surface area contributed by atoms with Crippen LogP contribution in [0.1, 0.15) is 30.0 Å². The van der Waals surface area contributed by atoms with Crippen molar-refractivity contribution in [3.05, 3.63) is 47.0 Å². The third-order valence-corrected chi connectivity index (χ3v) is 5.48. The zero-order chi connectivity index (χ0) is 20.3. The number of alkyl halides is 3. The maximum atomic E-state index is 12.8. The van der Waals surface area contributed by atoms with Crippen LogP contribution in [0.3, 0.4) is 0 Å². The fraction of sp³-hybridized carbons (Fsp3) is 0.474. The molecule has 1 fully saturated rings. The maximum absolute atomic E-state index is 12.8. The van der Waals surface area contributed by atoms with Gasteiger partial charge in [-0.15, -0.1) is 0 Å². The molecule has 1 atom stereocenters. The Morgan fingerprint density at radius 2 is 2.04 bits per heavy atom. The smallest absolute Gasteiger partial charge is 0.434 e. The lowest BCUT2D eigenvalue weighted by Gasteiger charge is -2.37. The molecule has 1 saturated heterocycles. The first-order valence-corrected chi connectivity index (χ1v) is 9.29. The largest absolute Gasteiger partial charge is 0.496 e. The second-order valence-corrected chi connectivity index (χ2v) is 7.16. The van der Waals surface area contributed by atoms with Crippen molar-refractivity contribution in [2.45, 2.75) is 24.9 Å². The van der Waals surface area contributed by atoms with Gasteiger partial charge >= 0.3 is 6.18 Å². The number of hydrogen-bond acceptors (Lipinski definition) is 5. The molecule has 0 aliphatic carbocycles. The molecule has 3 rings (SSSR count). The molecule has 3 heterocycles. The Bertz CT molecular complexity index is 811. The van der Waals surface area contributed by atoms with Crippen molar-refractivity contribution >= 4 is 17.3 Å². The summed E-state index contributed by atoms with van der Waals surface area (Å²) in [5, 5.41) is 9.54. The number of methoxy groups -OCH3 is 1. The molecule has 9 heteroatoms. The summed E-state index contributed by atoms with van der Waals surface area (Å²) in [5.41, 5.74) is 0.359. The molecular formula is C19H21ClF3N3O2. The van der Waals surface area contributed by atoms with E-state index < -0.39 is 16.9 Å². The molecule has 0 bridgehead atoms. The first-order valence-electron chi connectivity index (χ1n) is 8.91. The van der Waals surface area contributed by atoms with Gasteiger partial charge in [0.1, 0.15) is 5.75 Å². The van der Waals surface area contributed by atoms with Gasteiger partial charge in [-0.3, -0.25) is 4.98 Å². The van der Waals surface area contributed by atoms with Crippen LogP contribution in [0.4, 0.5) is 18.9 Å². The number of anilines is 1. The summed E-state index contributed by atoms with van der Waals surface area (Å²) in [7, 11) is 1.58. The van der Waals surface area contributed by atoms with Gasteiger partial charge in [-0.1, -0.05) is 11.6 Å². The van der Waals surface area contributed by atoms with Crippen molar-refractivity contribution in [3.8, 4) is 5.75 Å². The standard InChI is InChI=1S/C19H21ClF3N3O2/c1-28-17-2-5-24-10-14(17)15(11-27)12-3-6-26(7-4-12)13-8-16(20)18(25-9-13)19(21,22)23/h2,5,8-10,12,15,27H,3-4,6-7,11H2,1H3. The molecule has 0 amide bonds. The van der Waals surface area contributed by atoms with Gasteiger partial charge in [-0.05, 0) is 30.9 Å². The molecule has 2 aromatic heterocycles. The molecule has 0 aromatic carbocycles. The Morgan fingerprint density at radius 1 is 1.32 bits per heavy atom. The van der Waals surface area contributed by atoms with Gasteiger partial charge in [0.15, 0.2) is 5.69 Å². The number of rotatable bonds is 5. The van der Waals surface area contributed by atoms with Crippen molar-refractivity contribution in [1.82, 2.24) is 9.97 Å². The van der Waals surface area contributed by atoms with Crippen LogP contribution in [0.25, 0.3) is 0 Å². The van der Waals surface area contributed by atoms with Crippen LogP contribution < -0.4 is 9.64 Å². The lowest BCUT2D eigenvalue weighted by atomic mass is 9.80. The number of aliphatic hydroxyl groups is 1. The number of hydrogen-bond donors (Lipinski definition) is 1. The predicted octanol–water partition coefficient (Wildman–Crippen LogP) is 4.15. The number of aliphatic hydroxyl groups excluding tert-OH is 1. The molecule has 5 nitrogen and oxygen atoms in total. The molecule has 1 N–H and O–H groups in total. The summed E-state index contributed by atoms with van der Waals surface area (Å²) in [6.07, 6.45) is 1.53. The lowest BCUT2D eigenvalue weighted by Crippen LogP contribution is -2.36. The number of nitrogens with zero attached hydrogens (tertiary/aromatic N) is 3. The monoisotopic (exact) mass is 415 g/mol. The highest BCUT2D eigenvalue weighted by Crippen LogP contribution is 2.39. The van der Waals surface area contributed by atoms with Crippen molar-refractivity contribution in [2.75, 3.05) is 31.7 Å². The van der Waals surface area contributed by atoms with E-state index in [1.165, 1.54) is 12.3 Å². The quantitative estimate of drug-likeness (QED) is 0.795. The third-order valence-electron chi connectivity index (χ3n) is 5.20. The molecule has 0 saturated carbocycles. The molecule has 2 aromatic rings. The zero-order valence-electron chi connectivity index (χ0n) is 15.3. The van der Waals surface area contributed by atoms with Gasteiger partial charge in [-0.25, -0.2) is 4.98 Å². The maximum Gasteiger partial charge on any atom is 0.434 e. The van der Waals surface area contributed by atoms with Gasteiger partial charge in [0.05, 0.1) is 30.6 Å². The fourth-order valence-corrected chi connectivity index (χ4v) is 4.00. The van der Waals surface area contributed by atoms with Gasteiger partial charge in [0, 0.05) is 37.0 Å². The van der Waals surface area contributed by atoms with Crippen molar-refractivity contribution < 1.29 is 23.0 Å². The minimum absolute atomic E-state index is 0.0274. The number of piperidine rings is 1. The Morgan fingerprint density at radius 3 is 2.61 bits per heavy atom. The van der Waals surface area contributed by atoms with E-state index in [1.54, 1.807) is 25.6 Å². The fourth-order valence-electron chi connectivity index (χ4n) is 3.73. The topological polar surface area (TPSA) is 58.5 Å². The summed E-state index contributed by atoms with van der Waals surface area (Å²) < 4.78 is 43.9. The molecule has 1 aliphatic rings. The SMILES string of the molecule is COc1ccncc1C(CO)C1CCN(c2cnc(C(F)(F)F)c(Cl)c2)CC1. The van der Waals surface area contributed by atoms with Crippen molar-refractivity contribution in [1.29, 1.82) is 0 Å². The van der Waals surface area contributed by atoms with E-state index in [0.29, 0.717) is 24.5 Å². The number of ether oxygens (including phenoxy) is 1. The Labute approximate surface area is 166 Å². The van der Waals surface area contributed by atoms with Crippen LogP contribution >= 0.6 is 11.6 Å². The summed E-state index contributed by atoms with van der Waals surface area (Å²) in [6, 6.07) is 3.08. The minimum atomic E-state index is -4.57. The van der Waals surface area contributed by atoms with E-state index in [0.717, 1.165) is 18.4 Å². The highest BCUT2D eigenvalue weighted by molar-refractivity contribution is 6.31.